The van der Waals surface area contributed by atoms with Gasteiger partial charge in [-0.05, 0) is 20.8 Å². The van der Waals surface area contributed by atoms with E-state index in [2.05, 4.69) is 10.3 Å². The standard InChI is InChI=1S/C10H14F3N3OS/c1-5-4-18-7(15-5)6(2)16-8(17)9(3,14)10(11,12)13/h4,6H,14H2,1-3H3,(H,16,17). The van der Waals surface area contributed by atoms with Gasteiger partial charge in [-0.2, -0.15) is 13.2 Å². The largest absolute Gasteiger partial charge is 0.415 e. The summed E-state index contributed by atoms with van der Waals surface area (Å²) in [4.78, 5) is 15.6. The van der Waals surface area contributed by atoms with Crippen LogP contribution in [0.25, 0.3) is 0 Å². The van der Waals surface area contributed by atoms with Crippen LogP contribution in [0.2, 0.25) is 0 Å². The van der Waals surface area contributed by atoms with Gasteiger partial charge in [-0.1, -0.05) is 0 Å². The Labute approximate surface area is 106 Å². The maximum Gasteiger partial charge on any atom is 0.415 e. The maximum absolute atomic E-state index is 12.5. The lowest BCUT2D eigenvalue weighted by Gasteiger charge is -2.27. The first-order valence-corrected chi connectivity index (χ1v) is 6.02. The van der Waals surface area contributed by atoms with Gasteiger partial charge in [0, 0.05) is 11.1 Å². The topological polar surface area (TPSA) is 68.0 Å². The summed E-state index contributed by atoms with van der Waals surface area (Å²) in [6.07, 6.45) is -4.80. The highest BCUT2D eigenvalue weighted by Crippen LogP contribution is 2.29. The minimum atomic E-state index is -4.80. The predicted octanol–water partition coefficient (Wildman–Crippen LogP) is 1.91. The number of nitrogens with two attached hydrogens (primary N) is 1. The highest BCUT2D eigenvalue weighted by Gasteiger charge is 2.54. The fraction of sp³-hybridized carbons (Fsp3) is 0.600. The lowest BCUT2D eigenvalue weighted by atomic mass is 10.0. The Bertz CT molecular complexity index is 442. The number of carbonyl (C=O) groups excluding carboxylic acids is 1. The molecule has 102 valence electrons. The van der Waals surface area contributed by atoms with E-state index in [1.165, 1.54) is 11.3 Å². The smallest absolute Gasteiger partial charge is 0.345 e. The second kappa shape index (κ2) is 4.85. The zero-order chi connectivity index (χ0) is 14.1. The van der Waals surface area contributed by atoms with Crippen molar-refractivity contribution in [2.45, 2.75) is 38.5 Å². The van der Waals surface area contributed by atoms with Crippen molar-refractivity contribution < 1.29 is 18.0 Å². The predicted molar refractivity (Wildman–Crippen MR) is 62.1 cm³/mol. The van der Waals surface area contributed by atoms with Crippen molar-refractivity contribution in [2.75, 3.05) is 0 Å². The number of aromatic nitrogens is 1. The third-order valence-electron chi connectivity index (χ3n) is 2.42. The minimum absolute atomic E-state index is 0.541. The lowest BCUT2D eigenvalue weighted by Crippen LogP contribution is -2.61. The van der Waals surface area contributed by atoms with Crippen LogP contribution in [-0.4, -0.2) is 22.6 Å². The van der Waals surface area contributed by atoms with E-state index in [0.717, 1.165) is 5.69 Å². The Kier molecular flexibility index (Phi) is 4.02. The van der Waals surface area contributed by atoms with Crippen LogP contribution in [0.3, 0.4) is 0 Å². The normalized spacial score (nSPS) is 17.1. The van der Waals surface area contributed by atoms with Gasteiger partial charge >= 0.3 is 6.18 Å². The monoisotopic (exact) mass is 281 g/mol. The molecule has 1 aromatic heterocycles. The summed E-state index contributed by atoms with van der Waals surface area (Å²) in [7, 11) is 0. The number of hydrogen-bond donors (Lipinski definition) is 2. The zero-order valence-corrected chi connectivity index (χ0v) is 10.9. The number of thiazole rings is 1. The molecular weight excluding hydrogens is 267 g/mol. The number of carbonyl (C=O) groups is 1. The fourth-order valence-corrected chi connectivity index (χ4v) is 1.91. The van der Waals surface area contributed by atoms with E-state index in [4.69, 9.17) is 5.73 Å². The van der Waals surface area contributed by atoms with E-state index < -0.39 is 23.7 Å². The third-order valence-corrected chi connectivity index (χ3v) is 3.56. The summed E-state index contributed by atoms with van der Waals surface area (Å²) in [6, 6.07) is -0.610. The van der Waals surface area contributed by atoms with E-state index >= 15 is 0 Å². The van der Waals surface area contributed by atoms with Crippen LogP contribution in [0.5, 0.6) is 0 Å². The van der Waals surface area contributed by atoms with Crippen LogP contribution in [-0.2, 0) is 4.79 Å². The molecule has 0 saturated heterocycles. The van der Waals surface area contributed by atoms with Gasteiger partial charge in [0.25, 0.3) is 0 Å². The second-order valence-electron chi connectivity index (χ2n) is 4.22. The van der Waals surface area contributed by atoms with Crippen molar-refractivity contribution in [3.63, 3.8) is 0 Å². The summed E-state index contributed by atoms with van der Waals surface area (Å²) in [5.74, 6) is -1.27. The quantitative estimate of drug-likeness (QED) is 0.889. The molecule has 1 heterocycles. The van der Waals surface area contributed by atoms with Gasteiger partial charge in [-0.15, -0.1) is 11.3 Å². The molecule has 0 radical (unpaired) electrons. The number of nitrogens with one attached hydrogen (secondary N) is 1. The summed E-state index contributed by atoms with van der Waals surface area (Å²) < 4.78 is 37.6. The average Bonchev–Trinajstić information content (AvgIpc) is 2.62. The van der Waals surface area contributed by atoms with Crippen molar-refractivity contribution in [1.82, 2.24) is 10.3 Å². The Morgan fingerprint density at radius 2 is 2.11 bits per heavy atom. The SMILES string of the molecule is Cc1csc(C(C)NC(=O)C(C)(N)C(F)(F)F)n1. The molecule has 8 heteroatoms. The molecule has 0 aliphatic rings. The van der Waals surface area contributed by atoms with Crippen molar-refractivity contribution in [1.29, 1.82) is 0 Å². The molecule has 1 amide bonds. The first kappa shape index (κ1) is 14.9. The van der Waals surface area contributed by atoms with Crippen molar-refractivity contribution >= 4 is 17.2 Å². The van der Waals surface area contributed by atoms with Crippen LogP contribution in [0.4, 0.5) is 13.2 Å². The van der Waals surface area contributed by atoms with Crippen LogP contribution in [0.15, 0.2) is 5.38 Å². The second-order valence-corrected chi connectivity index (χ2v) is 5.11. The van der Waals surface area contributed by atoms with Gasteiger partial charge in [-0.25, -0.2) is 4.98 Å². The average molecular weight is 281 g/mol. The minimum Gasteiger partial charge on any atom is -0.345 e. The number of hydrogen-bond acceptors (Lipinski definition) is 4. The third kappa shape index (κ3) is 2.99. The van der Waals surface area contributed by atoms with E-state index in [1.807, 2.05) is 0 Å². The molecule has 3 N–H and O–H groups in total. The molecule has 0 saturated carbocycles. The van der Waals surface area contributed by atoms with Crippen molar-refractivity contribution in [2.24, 2.45) is 5.73 Å². The molecule has 2 unspecified atom stereocenters. The summed E-state index contributed by atoms with van der Waals surface area (Å²) in [5.41, 5.74) is 2.86. The number of aryl methyl sites for hydroxylation is 1. The van der Waals surface area contributed by atoms with Gasteiger partial charge in [0.15, 0.2) is 5.54 Å². The van der Waals surface area contributed by atoms with Gasteiger partial charge in [0.2, 0.25) is 5.91 Å². The Hall–Kier alpha value is -1.15. The molecule has 0 aliphatic heterocycles. The number of alkyl halides is 3. The van der Waals surface area contributed by atoms with E-state index in [1.54, 1.807) is 19.2 Å². The van der Waals surface area contributed by atoms with E-state index in [9.17, 15) is 18.0 Å². The van der Waals surface area contributed by atoms with Gasteiger partial charge < -0.3 is 11.1 Å². The highest BCUT2D eigenvalue weighted by molar-refractivity contribution is 7.09. The van der Waals surface area contributed by atoms with Crippen LogP contribution < -0.4 is 11.1 Å². The highest BCUT2D eigenvalue weighted by atomic mass is 32.1. The van der Waals surface area contributed by atoms with Crippen molar-refractivity contribution in [3.8, 4) is 0 Å². The molecule has 0 bridgehead atoms. The molecule has 1 rings (SSSR count). The first-order valence-electron chi connectivity index (χ1n) is 5.14. The van der Waals surface area contributed by atoms with E-state index in [0.29, 0.717) is 11.9 Å². The first-order chi connectivity index (χ1) is 8.05. The van der Waals surface area contributed by atoms with Crippen LogP contribution >= 0.6 is 11.3 Å². The Morgan fingerprint density at radius 3 is 2.50 bits per heavy atom. The molecule has 0 aromatic carbocycles. The molecule has 0 fully saturated rings. The maximum atomic E-state index is 12.5. The fourth-order valence-electron chi connectivity index (χ4n) is 1.11. The summed E-state index contributed by atoms with van der Waals surface area (Å²) in [5, 5.41) is 4.51. The Morgan fingerprint density at radius 1 is 1.56 bits per heavy atom. The molecule has 0 aliphatic carbocycles. The lowest BCUT2D eigenvalue weighted by molar-refractivity contribution is -0.187. The number of halogens is 3. The van der Waals surface area contributed by atoms with Gasteiger partial charge in [-0.3, -0.25) is 4.79 Å². The van der Waals surface area contributed by atoms with Crippen LogP contribution in [0, 0.1) is 6.92 Å². The van der Waals surface area contributed by atoms with Crippen LogP contribution in [0.1, 0.15) is 30.6 Å². The zero-order valence-electron chi connectivity index (χ0n) is 10.1. The summed E-state index contributed by atoms with van der Waals surface area (Å²) >= 11 is 1.27. The molecule has 18 heavy (non-hydrogen) atoms. The van der Waals surface area contributed by atoms with Crippen molar-refractivity contribution in [3.05, 3.63) is 16.1 Å². The number of amides is 1. The van der Waals surface area contributed by atoms with Gasteiger partial charge in [0.05, 0.1) is 6.04 Å². The molecule has 0 spiro atoms. The number of nitrogens with zero attached hydrogens (tertiary/aromatic N) is 1. The molecule has 1 aromatic rings. The summed E-state index contributed by atoms with van der Waals surface area (Å²) in [6.45, 7) is 3.96. The molecular formula is C10H14F3N3OS. The Balaban J connectivity index is 2.77. The molecule has 2 atom stereocenters. The molecule has 4 nitrogen and oxygen atoms in total. The van der Waals surface area contributed by atoms with E-state index in [-0.39, 0.29) is 0 Å². The number of rotatable bonds is 3. The van der Waals surface area contributed by atoms with Gasteiger partial charge in [0.1, 0.15) is 5.01 Å².